The molecule has 2 aliphatic rings. The van der Waals surface area contributed by atoms with Crippen molar-refractivity contribution in [2.75, 3.05) is 5.33 Å². The Balaban J connectivity index is 0.000000178. The number of rotatable bonds is 5. The third-order valence-electron chi connectivity index (χ3n) is 4.72. The van der Waals surface area contributed by atoms with Crippen molar-refractivity contribution in [3.63, 3.8) is 0 Å². The van der Waals surface area contributed by atoms with Gasteiger partial charge in [0.25, 0.3) is 0 Å². The van der Waals surface area contributed by atoms with E-state index < -0.39 is 0 Å². The fourth-order valence-corrected chi connectivity index (χ4v) is 3.21. The highest BCUT2D eigenvalue weighted by Gasteiger charge is 2.24. The summed E-state index contributed by atoms with van der Waals surface area (Å²) in [5.41, 5.74) is 4.34. The maximum Gasteiger partial charge on any atom is 0.173 e. The molecule has 0 amide bonds. The lowest BCUT2D eigenvalue weighted by Gasteiger charge is -2.00. The smallest absolute Gasteiger partial charge is 0.173 e. The highest BCUT2D eigenvalue weighted by Crippen LogP contribution is 2.40. The van der Waals surface area contributed by atoms with Gasteiger partial charge in [0, 0.05) is 39.4 Å². The number of carbonyl (C=O) groups excluding carboxylic acids is 2. The van der Waals surface area contributed by atoms with E-state index in [9.17, 15) is 9.59 Å². The molecular formula is C22H23Br3O2. The standard InChI is InChI=1S/C11H11BrO.C11H12O.Br2/c12-7-11(13)10-3-1-2-9(6-10)8-4-5-8;1-8(12)10-3-2-4-11(7-10)9-5-6-9;1-2/h1-3,6,8H,4-5,7H2;2-4,7,9H,5-6H2,1H3;. The average Bonchev–Trinajstić information content (AvgIpc) is 3.62. The zero-order chi connectivity index (χ0) is 19.8. The van der Waals surface area contributed by atoms with Gasteiger partial charge in [-0.15, -0.1) is 0 Å². The van der Waals surface area contributed by atoms with Gasteiger partial charge in [0.15, 0.2) is 11.6 Å². The number of hydrogen-bond donors (Lipinski definition) is 0. The molecule has 2 aliphatic carbocycles. The second-order valence-electron chi connectivity index (χ2n) is 6.91. The van der Waals surface area contributed by atoms with E-state index in [-0.39, 0.29) is 11.6 Å². The lowest BCUT2D eigenvalue weighted by Crippen LogP contribution is -1.99. The van der Waals surface area contributed by atoms with Crippen molar-refractivity contribution in [3.8, 4) is 0 Å². The molecular weight excluding hydrogens is 536 g/mol. The first-order valence-electron chi connectivity index (χ1n) is 9.02. The Bertz CT molecular complexity index is 781. The summed E-state index contributed by atoms with van der Waals surface area (Å²) in [6.45, 7) is 1.62. The van der Waals surface area contributed by atoms with Crippen molar-refractivity contribution in [1.82, 2.24) is 0 Å². The summed E-state index contributed by atoms with van der Waals surface area (Å²) >= 11 is 8.68. The van der Waals surface area contributed by atoms with Crippen LogP contribution in [-0.4, -0.2) is 16.9 Å². The van der Waals surface area contributed by atoms with Crippen molar-refractivity contribution in [3.05, 3.63) is 70.8 Å². The van der Waals surface area contributed by atoms with E-state index in [0.717, 1.165) is 23.0 Å². The molecule has 2 aromatic carbocycles. The number of benzene rings is 2. The molecule has 144 valence electrons. The second kappa shape index (κ2) is 11.3. The predicted molar refractivity (Wildman–Crippen MR) is 123 cm³/mol. The number of carbonyl (C=O) groups is 2. The molecule has 4 rings (SSSR count). The van der Waals surface area contributed by atoms with Crippen molar-refractivity contribution in [2.24, 2.45) is 0 Å². The zero-order valence-electron chi connectivity index (χ0n) is 15.3. The third-order valence-corrected chi connectivity index (χ3v) is 5.23. The van der Waals surface area contributed by atoms with Crippen LogP contribution >= 0.6 is 44.2 Å². The number of alkyl halides is 1. The Hall–Kier alpha value is -0.780. The van der Waals surface area contributed by atoms with Crippen molar-refractivity contribution in [2.45, 2.75) is 44.4 Å². The van der Waals surface area contributed by atoms with Crippen LogP contribution < -0.4 is 0 Å². The van der Waals surface area contributed by atoms with Gasteiger partial charge < -0.3 is 0 Å². The molecule has 0 unspecified atom stereocenters. The quantitative estimate of drug-likeness (QED) is 0.280. The summed E-state index contributed by atoms with van der Waals surface area (Å²) in [5.74, 6) is 1.80. The molecule has 0 radical (unpaired) electrons. The first-order valence-corrected chi connectivity index (χ1v) is 13.9. The predicted octanol–water partition coefficient (Wildman–Crippen LogP) is 7.60. The molecule has 0 N–H and O–H groups in total. The highest BCUT2D eigenvalue weighted by atomic mass is 80.9. The Kier molecular flexibility index (Phi) is 9.40. The summed E-state index contributed by atoms with van der Waals surface area (Å²) in [4.78, 5) is 22.4. The lowest BCUT2D eigenvalue weighted by molar-refractivity contribution is 0.101. The fraction of sp³-hybridized carbons (Fsp3) is 0.364. The molecule has 0 heterocycles. The minimum absolute atomic E-state index is 0.164. The maximum absolute atomic E-state index is 11.4. The minimum Gasteiger partial charge on any atom is -0.295 e. The normalized spacial score (nSPS) is 15.0. The molecule has 0 bridgehead atoms. The number of hydrogen-bond acceptors (Lipinski definition) is 2. The third kappa shape index (κ3) is 7.28. The monoisotopic (exact) mass is 556 g/mol. The van der Waals surface area contributed by atoms with Crippen LogP contribution in [-0.2, 0) is 0 Å². The van der Waals surface area contributed by atoms with E-state index >= 15 is 0 Å². The Morgan fingerprint density at radius 1 is 0.852 bits per heavy atom. The molecule has 27 heavy (non-hydrogen) atoms. The summed E-state index contributed by atoms with van der Waals surface area (Å²) in [6, 6.07) is 16.0. The highest BCUT2D eigenvalue weighted by molar-refractivity contribution is 9.93. The molecule has 2 fully saturated rings. The van der Waals surface area contributed by atoms with Gasteiger partial charge in [-0.1, -0.05) is 52.3 Å². The van der Waals surface area contributed by atoms with Gasteiger partial charge in [0.2, 0.25) is 0 Å². The van der Waals surface area contributed by atoms with Gasteiger partial charge in [-0.3, -0.25) is 9.59 Å². The average molecular weight is 559 g/mol. The summed E-state index contributed by atoms with van der Waals surface area (Å²) in [7, 11) is 0. The largest absolute Gasteiger partial charge is 0.295 e. The first-order chi connectivity index (χ1) is 13.1. The first kappa shape index (κ1) is 22.5. The number of Topliss-reactive ketones (excluding diaryl/α,β-unsaturated/α-hetero) is 2. The van der Waals surface area contributed by atoms with Gasteiger partial charge in [0.05, 0.1) is 5.33 Å². The van der Waals surface area contributed by atoms with Crippen LogP contribution in [0.4, 0.5) is 0 Å². The number of ketones is 2. The molecule has 2 aromatic rings. The van der Waals surface area contributed by atoms with Crippen LogP contribution in [0.1, 0.15) is 76.3 Å². The number of halogens is 3. The Morgan fingerprint density at radius 3 is 1.70 bits per heavy atom. The van der Waals surface area contributed by atoms with Gasteiger partial charge in [0.1, 0.15) is 0 Å². The Labute approximate surface area is 185 Å². The van der Waals surface area contributed by atoms with Gasteiger partial charge >= 0.3 is 0 Å². The minimum atomic E-state index is 0.164. The second-order valence-corrected chi connectivity index (χ2v) is 7.47. The SMILES string of the molecule is BrBr.CC(=O)c1cccc(C2CC2)c1.O=C(CBr)c1cccc(C2CC2)c1. The molecule has 0 aromatic heterocycles. The van der Waals surface area contributed by atoms with Crippen molar-refractivity contribution in [1.29, 1.82) is 0 Å². The molecule has 5 heteroatoms. The molecule has 0 spiro atoms. The topological polar surface area (TPSA) is 34.1 Å². The van der Waals surface area contributed by atoms with Gasteiger partial charge in [-0.05, 0) is 67.7 Å². The summed E-state index contributed by atoms with van der Waals surface area (Å²) < 4.78 is 0. The summed E-state index contributed by atoms with van der Waals surface area (Å²) in [6.07, 6.45) is 5.15. The van der Waals surface area contributed by atoms with Gasteiger partial charge in [-0.25, -0.2) is 0 Å². The van der Waals surface area contributed by atoms with E-state index in [1.165, 1.54) is 36.8 Å². The Morgan fingerprint density at radius 2 is 1.30 bits per heavy atom. The van der Waals surface area contributed by atoms with Crippen LogP contribution in [0.15, 0.2) is 48.5 Å². The van der Waals surface area contributed by atoms with Crippen LogP contribution in [0.2, 0.25) is 0 Å². The van der Waals surface area contributed by atoms with Crippen molar-refractivity contribution < 1.29 is 9.59 Å². The van der Waals surface area contributed by atoms with Gasteiger partial charge in [-0.2, -0.15) is 0 Å². The van der Waals surface area contributed by atoms with Crippen LogP contribution in [0.5, 0.6) is 0 Å². The van der Waals surface area contributed by atoms with E-state index in [0.29, 0.717) is 5.33 Å². The lowest BCUT2D eigenvalue weighted by atomic mass is 10.1. The molecule has 0 aliphatic heterocycles. The fourth-order valence-electron chi connectivity index (χ4n) is 2.89. The van der Waals surface area contributed by atoms with Crippen molar-refractivity contribution >= 4 is 55.8 Å². The molecule has 0 saturated heterocycles. The molecule has 0 atom stereocenters. The zero-order valence-corrected chi connectivity index (χ0v) is 20.0. The van der Waals surface area contributed by atoms with Crippen LogP contribution in [0.25, 0.3) is 0 Å². The molecule has 2 nitrogen and oxygen atoms in total. The van der Waals surface area contributed by atoms with E-state index in [1.54, 1.807) is 6.92 Å². The maximum atomic E-state index is 11.4. The summed E-state index contributed by atoms with van der Waals surface area (Å²) in [5, 5.41) is 0.418. The van der Waals surface area contributed by atoms with Crippen LogP contribution in [0.3, 0.4) is 0 Å². The van der Waals surface area contributed by atoms with Crippen LogP contribution in [0, 0.1) is 0 Å². The van der Waals surface area contributed by atoms with E-state index in [4.69, 9.17) is 0 Å². The van der Waals surface area contributed by atoms with E-state index in [1.807, 2.05) is 36.4 Å². The molecule has 2 saturated carbocycles. The van der Waals surface area contributed by atoms with E-state index in [2.05, 4.69) is 56.3 Å².